The summed E-state index contributed by atoms with van der Waals surface area (Å²) in [6, 6.07) is 97.3. The number of para-hydroxylation sites is 3. The van der Waals surface area contributed by atoms with Crippen LogP contribution < -0.4 is 0 Å². The molecule has 0 saturated carbocycles. The first-order chi connectivity index (χ1) is 33.7. The third kappa shape index (κ3) is 6.82. The van der Waals surface area contributed by atoms with Crippen molar-refractivity contribution in [2.24, 2.45) is 0 Å². The number of hydrogen-bond donors (Lipinski definition) is 0. The van der Waals surface area contributed by atoms with Crippen molar-refractivity contribution in [1.82, 2.24) is 9.13 Å². The number of aromatic nitrogens is 2. The lowest BCUT2D eigenvalue weighted by molar-refractivity contribution is 1.18. The zero-order valence-electron chi connectivity index (χ0n) is 37.3. The maximum Gasteiger partial charge on any atom is 0.0541 e. The minimum atomic E-state index is 1.15. The van der Waals surface area contributed by atoms with Crippen molar-refractivity contribution in [3.63, 3.8) is 0 Å². The molecular formula is C66H44N2. The molecule has 0 radical (unpaired) electrons. The molecule has 0 aliphatic carbocycles. The van der Waals surface area contributed by atoms with E-state index < -0.39 is 0 Å². The average molecular weight is 865 g/mol. The molecule has 11 aromatic carbocycles. The number of fused-ring (bicyclic) bond motifs is 6. The Labute approximate surface area is 395 Å². The van der Waals surface area contributed by atoms with Gasteiger partial charge in [-0.05, 0) is 128 Å². The molecule has 13 rings (SSSR count). The van der Waals surface area contributed by atoms with Gasteiger partial charge in [-0.2, -0.15) is 0 Å². The van der Waals surface area contributed by atoms with E-state index in [2.05, 4.69) is 276 Å². The Morgan fingerprint density at radius 3 is 1.13 bits per heavy atom. The molecule has 0 aliphatic heterocycles. The van der Waals surface area contributed by atoms with E-state index in [1.54, 1.807) is 0 Å². The van der Waals surface area contributed by atoms with E-state index in [-0.39, 0.29) is 0 Å². The highest BCUT2D eigenvalue weighted by molar-refractivity contribution is 6.13. The van der Waals surface area contributed by atoms with Crippen LogP contribution in [0.3, 0.4) is 0 Å². The summed E-state index contributed by atoms with van der Waals surface area (Å²) >= 11 is 0. The van der Waals surface area contributed by atoms with E-state index in [4.69, 9.17) is 0 Å². The van der Waals surface area contributed by atoms with Gasteiger partial charge in [0.1, 0.15) is 0 Å². The second kappa shape index (κ2) is 16.5. The fraction of sp³-hybridized carbons (Fsp3) is 0. The molecule has 0 bridgehead atoms. The molecule has 2 nitrogen and oxygen atoms in total. The maximum atomic E-state index is 2.45. The predicted molar refractivity (Wildman–Crippen MR) is 288 cm³/mol. The normalized spacial score (nSPS) is 11.5. The molecule has 2 aromatic heterocycles. The maximum absolute atomic E-state index is 2.45. The van der Waals surface area contributed by atoms with E-state index in [9.17, 15) is 0 Å². The lowest BCUT2D eigenvalue weighted by Gasteiger charge is -2.15. The van der Waals surface area contributed by atoms with Gasteiger partial charge in [-0.15, -0.1) is 0 Å². The molecular weight excluding hydrogens is 821 g/mol. The highest BCUT2D eigenvalue weighted by Gasteiger charge is 2.18. The van der Waals surface area contributed by atoms with E-state index in [0.29, 0.717) is 0 Å². The van der Waals surface area contributed by atoms with Gasteiger partial charge in [0, 0.05) is 32.8 Å². The Hall–Kier alpha value is -8.98. The minimum absolute atomic E-state index is 1.15. The summed E-state index contributed by atoms with van der Waals surface area (Å²) in [6.45, 7) is 0. The van der Waals surface area contributed by atoms with Gasteiger partial charge < -0.3 is 9.13 Å². The summed E-state index contributed by atoms with van der Waals surface area (Å²) in [5.41, 5.74) is 21.5. The summed E-state index contributed by atoms with van der Waals surface area (Å²) in [7, 11) is 0. The number of rotatable bonds is 8. The molecule has 68 heavy (non-hydrogen) atoms. The van der Waals surface area contributed by atoms with Crippen LogP contribution in [0.2, 0.25) is 0 Å². The Balaban J connectivity index is 0.851. The van der Waals surface area contributed by atoms with Gasteiger partial charge in [0.05, 0.1) is 27.8 Å². The fourth-order valence-electron chi connectivity index (χ4n) is 10.4. The van der Waals surface area contributed by atoms with Gasteiger partial charge in [0.15, 0.2) is 0 Å². The van der Waals surface area contributed by atoms with Gasteiger partial charge in [-0.3, -0.25) is 0 Å². The molecule has 0 spiro atoms. The van der Waals surface area contributed by atoms with Crippen molar-refractivity contribution in [3.05, 3.63) is 267 Å². The van der Waals surface area contributed by atoms with Crippen LogP contribution in [0.15, 0.2) is 267 Å². The van der Waals surface area contributed by atoms with Crippen molar-refractivity contribution in [1.29, 1.82) is 0 Å². The van der Waals surface area contributed by atoms with Crippen LogP contribution >= 0.6 is 0 Å². The van der Waals surface area contributed by atoms with E-state index in [0.717, 1.165) is 11.4 Å². The zero-order valence-corrected chi connectivity index (χ0v) is 37.3. The Bertz CT molecular complexity index is 3990. The van der Waals surface area contributed by atoms with Crippen molar-refractivity contribution in [2.75, 3.05) is 0 Å². The van der Waals surface area contributed by atoms with E-state index in [1.807, 2.05) is 0 Å². The van der Waals surface area contributed by atoms with E-state index >= 15 is 0 Å². The third-order valence-electron chi connectivity index (χ3n) is 13.8. The van der Waals surface area contributed by atoms with Crippen LogP contribution in [-0.4, -0.2) is 9.13 Å². The second-order valence-electron chi connectivity index (χ2n) is 17.7. The quantitative estimate of drug-likeness (QED) is 0.144. The molecule has 0 atom stereocenters. The molecule has 318 valence electrons. The van der Waals surface area contributed by atoms with Crippen molar-refractivity contribution >= 4 is 43.6 Å². The lowest BCUT2D eigenvalue weighted by atomic mass is 9.95. The number of benzene rings is 11. The van der Waals surface area contributed by atoms with Crippen LogP contribution in [0.4, 0.5) is 0 Å². The predicted octanol–water partition coefficient (Wildman–Crippen LogP) is 17.9. The molecule has 0 N–H and O–H groups in total. The largest absolute Gasteiger partial charge is 0.309 e. The highest BCUT2D eigenvalue weighted by Crippen LogP contribution is 2.41. The molecule has 13 aromatic rings. The monoisotopic (exact) mass is 864 g/mol. The van der Waals surface area contributed by atoms with Crippen LogP contribution in [0.25, 0.3) is 122 Å². The molecule has 0 unspecified atom stereocenters. The van der Waals surface area contributed by atoms with Gasteiger partial charge in [-0.25, -0.2) is 0 Å². The first kappa shape index (κ1) is 39.4. The lowest BCUT2D eigenvalue weighted by Crippen LogP contribution is -1.97. The summed E-state index contributed by atoms with van der Waals surface area (Å²) in [5, 5.41) is 4.96. The second-order valence-corrected chi connectivity index (χ2v) is 17.7. The third-order valence-corrected chi connectivity index (χ3v) is 13.8. The Morgan fingerprint density at radius 1 is 0.191 bits per heavy atom. The summed E-state index contributed by atoms with van der Waals surface area (Å²) < 4.78 is 4.85. The molecule has 0 amide bonds. The topological polar surface area (TPSA) is 9.86 Å². The summed E-state index contributed by atoms with van der Waals surface area (Å²) in [4.78, 5) is 0. The van der Waals surface area contributed by atoms with Crippen LogP contribution in [-0.2, 0) is 0 Å². The average Bonchev–Trinajstić information content (AvgIpc) is 3.94. The van der Waals surface area contributed by atoms with Crippen molar-refractivity contribution in [2.45, 2.75) is 0 Å². The molecule has 0 aliphatic rings. The fourth-order valence-corrected chi connectivity index (χ4v) is 10.4. The number of nitrogens with zero attached hydrogens (tertiary/aromatic N) is 2. The van der Waals surface area contributed by atoms with Gasteiger partial charge in [0.2, 0.25) is 0 Å². The highest BCUT2D eigenvalue weighted by atomic mass is 15.0. The summed E-state index contributed by atoms with van der Waals surface area (Å²) in [5.74, 6) is 0. The van der Waals surface area contributed by atoms with Crippen LogP contribution in [0, 0.1) is 0 Å². The Kier molecular flexibility index (Phi) is 9.54. The van der Waals surface area contributed by atoms with Crippen LogP contribution in [0.5, 0.6) is 0 Å². The standard InChI is InChI=1S/C66H44N2/c1-3-15-45(16-4-1)47-33-37-56(38-34-47)67-63-27-11-8-24-58(63)60-43-54(35-39-65(60)67)55-36-40-66-61(44-55)59-25-9-12-28-64(59)68(66)62-26-10-7-23-57(62)49-31-29-48(30-32-49)51-20-14-22-53(42-51)52-21-13-19-50(41-52)46-17-5-2-6-18-46/h1-44H. The molecule has 0 saturated heterocycles. The van der Waals surface area contributed by atoms with Gasteiger partial charge >= 0.3 is 0 Å². The van der Waals surface area contributed by atoms with Crippen LogP contribution in [0.1, 0.15) is 0 Å². The van der Waals surface area contributed by atoms with E-state index in [1.165, 1.54) is 110 Å². The first-order valence-electron chi connectivity index (χ1n) is 23.4. The molecule has 2 heteroatoms. The van der Waals surface area contributed by atoms with Crippen molar-refractivity contribution < 1.29 is 0 Å². The smallest absolute Gasteiger partial charge is 0.0541 e. The first-order valence-corrected chi connectivity index (χ1v) is 23.4. The SMILES string of the molecule is c1ccc(-c2ccc(-n3c4ccccc4c4cc(-c5ccc6c(c5)c5ccccc5n6-c5ccccc5-c5ccc(-c6cccc(-c7cccc(-c8ccccc8)c7)c6)cc5)ccc43)cc2)cc1. The molecule has 2 heterocycles. The summed E-state index contributed by atoms with van der Waals surface area (Å²) in [6.07, 6.45) is 0. The minimum Gasteiger partial charge on any atom is -0.309 e. The number of hydrogen-bond acceptors (Lipinski definition) is 0. The zero-order chi connectivity index (χ0) is 45.0. The van der Waals surface area contributed by atoms with Crippen molar-refractivity contribution in [3.8, 4) is 78.1 Å². The molecule has 0 fully saturated rings. The van der Waals surface area contributed by atoms with Gasteiger partial charge in [-0.1, -0.05) is 200 Å². The van der Waals surface area contributed by atoms with Gasteiger partial charge in [0.25, 0.3) is 0 Å². The Morgan fingerprint density at radius 2 is 0.544 bits per heavy atom.